The topological polar surface area (TPSA) is 74.6 Å². The van der Waals surface area contributed by atoms with Crippen molar-refractivity contribution in [2.45, 2.75) is 46.2 Å². The van der Waals surface area contributed by atoms with Gasteiger partial charge in [0, 0.05) is 6.54 Å². The summed E-state index contributed by atoms with van der Waals surface area (Å²) in [5, 5.41) is 3.12. The Balaban J connectivity index is 1.45. The molecule has 1 atom stereocenters. The van der Waals surface area contributed by atoms with Crippen molar-refractivity contribution in [1.82, 2.24) is 14.9 Å². The highest BCUT2D eigenvalue weighted by Gasteiger charge is 2.19. The van der Waals surface area contributed by atoms with Gasteiger partial charge in [0.2, 0.25) is 5.91 Å². The second-order valence-electron chi connectivity index (χ2n) is 9.19. The predicted molar refractivity (Wildman–Crippen MR) is 146 cm³/mol. The Hall–Kier alpha value is -4.00. The minimum Gasteiger partial charge on any atom is -0.493 e. The molecule has 0 spiro atoms. The van der Waals surface area contributed by atoms with Crippen LogP contribution in [0.15, 0.2) is 60.7 Å². The third kappa shape index (κ3) is 6.05. The molecule has 7 nitrogen and oxygen atoms in total. The number of nitrogens with zero attached hydrogens (tertiary/aromatic N) is 2. The smallest absolute Gasteiger partial charge is 0.224 e. The van der Waals surface area contributed by atoms with Crippen molar-refractivity contribution in [3.63, 3.8) is 0 Å². The molecule has 0 radical (unpaired) electrons. The normalized spacial score (nSPS) is 11.8. The molecule has 0 aliphatic heterocycles. The first-order valence-electron chi connectivity index (χ1n) is 12.6. The van der Waals surface area contributed by atoms with Crippen molar-refractivity contribution >= 4 is 16.9 Å². The van der Waals surface area contributed by atoms with Crippen LogP contribution in [0.1, 0.15) is 41.9 Å². The molecule has 1 N–H and O–H groups in total. The molecule has 37 heavy (non-hydrogen) atoms. The fourth-order valence-corrected chi connectivity index (χ4v) is 4.62. The number of methoxy groups -OCH3 is 2. The summed E-state index contributed by atoms with van der Waals surface area (Å²) >= 11 is 0. The van der Waals surface area contributed by atoms with Crippen LogP contribution in [0.5, 0.6) is 17.2 Å². The molecule has 1 aromatic heterocycles. The van der Waals surface area contributed by atoms with E-state index >= 15 is 0 Å². The number of carbonyl (C=O) groups is 1. The summed E-state index contributed by atoms with van der Waals surface area (Å²) in [5.74, 6) is 2.93. The Kier molecular flexibility index (Phi) is 8.33. The van der Waals surface area contributed by atoms with Gasteiger partial charge in [-0.05, 0) is 68.1 Å². The molecule has 0 saturated carbocycles. The molecule has 0 bridgehead atoms. The fourth-order valence-electron chi connectivity index (χ4n) is 4.62. The lowest BCUT2D eigenvalue weighted by atomic mass is 10.1. The molecule has 1 unspecified atom stereocenters. The molecule has 0 saturated heterocycles. The lowest BCUT2D eigenvalue weighted by Gasteiger charge is -2.17. The van der Waals surface area contributed by atoms with Gasteiger partial charge in [0.25, 0.3) is 0 Å². The van der Waals surface area contributed by atoms with E-state index in [9.17, 15) is 4.79 Å². The number of para-hydroxylation sites is 3. The van der Waals surface area contributed by atoms with Crippen LogP contribution in [0.4, 0.5) is 0 Å². The molecule has 4 aromatic rings. The van der Waals surface area contributed by atoms with E-state index in [2.05, 4.69) is 41.9 Å². The Morgan fingerprint density at radius 1 is 0.973 bits per heavy atom. The minimum absolute atomic E-state index is 0.0864. The number of ether oxygens (including phenoxy) is 3. The van der Waals surface area contributed by atoms with Crippen LogP contribution in [0.25, 0.3) is 11.0 Å². The first-order valence-corrected chi connectivity index (χ1v) is 12.6. The van der Waals surface area contributed by atoms with E-state index < -0.39 is 0 Å². The molecule has 0 aliphatic carbocycles. The summed E-state index contributed by atoms with van der Waals surface area (Å²) in [6, 6.07) is 19.5. The van der Waals surface area contributed by atoms with Crippen LogP contribution in [0.2, 0.25) is 0 Å². The first-order chi connectivity index (χ1) is 17.9. The fraction of sp³-hybridized carbons (Fsp3) is 0.333. The molecule has 0 fully saturated rings. The van der Waals surface area contributed by atoms with Gasteiger partial charge in [0.15, 0.2) is 11.5 Å². The largest absolute Gasteiger partial charge is 0.493 e. The number of aromatic nitrogens is 2. The molecule has 194 valence electrons. The predicted octanol–water partition coefficient (Wildman–Crippen LogP) is 5.56. The Morgan fingerprint density at radius 3 is 2.43 bits per heavy atom. The second kappa shape index (κ2) is 11.8. The number of benzene rings is 3. The second-order valence-corrected chi connectivity index (χ2v) is 9.19. The molecular weight excluding hydrogens is 466 g/mol. The third-order valence-corrected chi connectivity index (χ3v) is 6.44. The van der Waals surface area contributed by atoms with Crippen molar-refractivity contribution < 1.29 is 19.0 Å². The van der Waals surface area contributed by atoms with Gasteiger partial charge in [-0.3, -0.25) is 4.79 Å². The zero-order chi connectivity index (χ0) is 26.4. The number of rotatable bonds is 11. The van der Waals surface area contributed by atoms with Crippen LogP contribution < -0.4 is 19.5 Å². The summed E-state index contributed by atoms with van der Waals surface area (Å²) in [7, 11) is 3.18. The quantitative estimate of drug-likeness (QED) is 0.272. The highest BCUT2D eigenvalue weighted by molar-refractivity contribution is 5.80. The molecule has 1 heterocycles. The Labute approximate surface area is 218 Å². The van der Waals surface area contributed by atoms with E-state index in [1.54, 1.807) is 14.2 Å². The van der Waals surface area contributed by atoms with Crippen molar-refractivity contribution in [1.29, 1.82) is 0 Å². The van der Waals surface area contributed by atoms with Gasteiger partial charge in [-0.15, -0.1) is 0 Å². The van der Waals surface area contributed by atoms with Gasteiger partial charge >= 0.3 is 0 Å². The van der Waals surface area contributed by atoms with Crippen LogP contribution >= 0.6 is 0 Å². The SMILES string of the molecule is COc1ccc(CC(=O)NC(C)c2nc3ccccc3n2CCCOc2c(C)cccc2C)cc1OC. The highest BCUT2D eigenvalue weighted by Crippen LogP contribution is 2.28. The lowest BCUT2D eigenvalue weighted by Crippen LogP contribution is -2.30. The number of carbonyl (C=O) groups excluding carboxylic acids is 1. The zero-order valence-electron chi connectivity index (χ0n) is 22.2. The Morgan fingerprint density at radius 2 is 1.70 bits per heavy atom. The Bertz CT molecular complexity index is 1360. The van der Waals surface area contributed by atoms with Crippen LogP contribution in [0, 0.1) is 13.8 Å². The number of aryl methyl sites for hydroxylation is 3. The zero-order valence-corrected chi connectivity index (χ0v) is 22.2. The number of nitrogens with one attached hydrogen (secondary N) is 1. The third-order valence-electron chi connectivity index (χ3n) is 6.44. The summed E-state index contributed by atoms with van der Waals surface area (Å²) in [6.45, 7) is 7.43. The van der Waals surface area contributed by atoms with Crippen molar-refractivity contribution in [2.75, 3.05) is 20.8 Å². The van der Waals surface area contributed by atoms with Gasteiger partial charge in [0.05, 0.1) is 44.3 Å². The highest BCUT2D eigenvalue weighted by atomic mass is 16.5. The van der Waals surface area contributed by atoms with Crippen molar-refractivity contribution in [3.05, 3.63) is 83.2 Å². The average Bonchev–Trinajstić information content (AvgIpc) is 3.26. The van der Waals surface area contributed by atoms with Gasteiger partial charge in [-0.1, -0.05) is 36.4 Å². The van der Waals surface area contributed by atoms with E-state index in [1.807, 2.05) is 49.4 Å². The first kappa shape index (κ1) is 26.1. The van der Waals surface area contributed by atoms with Gasteiger partial charge < -0.3 is 24.1 Å². The monoisotopic (exact) mass is 501 g/mol. The maximum atomic E-state index is 12.9. The van der Waals surface area contributed by atoms with Gasteiger partial charge in [-0.25, -0.2) is 4.98 Å². The lowest BCUT2D eigenvalue weighted by molar-refractivity contribution is -0.121. The number of amides is 1. The standard InChI is InChI=1S/C30H35N3O4/c1-20-10-8-11-21(2)29(20)37-17-9-16-33-25-13-7-6-12-24(25)32-30(33)22(3)31-28(34)19-23-14-15-26(35-4)27(18-23)36-5/h6-8,10-15,18,22H,9,16-17,19H2,1-5H3,(H,31,34). The average molecular weight is 502 g/mol. The minimum atomic E-state index is -0.264. The molecule has 4 rings (SSSR count). The maximum Gasteiger partial charge on any atom is 0.224 e. The van der Waals surface area contributed by atoms with E-state index in [0.717, 1.165) is 52.3 Å². The van der Waals surface area contributed by atoms with Crippen LogP contribution in [-0.4, -0.2) is 36.3 Å². The summed E-state index contributed by atoms with van der Waals surface area (Å²) in [4.78, 5) is 17.8. The van der Waals surface area contributed by atoms with E-state index in [4.69, 9.17) is 19.2 Å². The summed E-state index contributed by atoms with van der Waals surface area (Å²) in [6.07, 6.45) is 1.04. The van der Waals surface area contributed by atoms with Crippen molar-refractivity contribution in [2.24, 2.45) is 0 Å². The molecule has 0 aliphatic rings. The van der Waals surface area contributed by atoms with Crippen LogP contribution in [-0.2, 0) is 17.8 Å². The van der Waals surface area contributed by atoms with Crippen LogP contribution in [0.3, 0.4) is 0 Å². The number of imidazole rings is 1. The summed E-state index contributed by atoms with van der Waals surface area (Å²) in [5.41, 5.74) is 5.08. The van der Waals surface area contributed by atoms with E-state index in [1.165, 1.54) is 0 Å². The molecule has 1 amide bonds. The van der Waals surface area contributed by atoms with E-state index in [-0.39, 0.29) is 18.4 Å². The molecule has 7 heteroatoms. The molecule has 3 aromatic carbocycles. The molecular formula is C30H35N3O4. The van der Waals surface area contributed by atoms with Gasteiger partial charge in [-0.2, -0.15) is 0 Å². The van der Waals surface area contributed by atoms with E-state index in [0.29, 0.717) is 18.1 Å². The number of hydrogen-bond donors (Lipinski definition) is 1. The number of fused-ring (bicyclic) bond motifs is 1. The number of hydrogen-bond acceptors (Lipinski definition) is 5. The maximum absolute atomic E-state index is 12.9. The van der Waals surface area contributed by atoms with Crippen molar-refractivity contribution in [3.8, 4) is 17.2 Å². The van der Waals surface area contributed by atoms with Gasteiger partial charge in [0.1, 0.15) is 11.6 Å². The summed E-state index contributed by atoms with van der Waals surface area (Å²) < 4.78 is 19.0.